The zero-order chi connectivity index (χ0) is 24.5. The van der Waals surface area contributed by atoms with Gasteiger partial charge in [-0.25, -0.2) is 4.79 Å². The second kappa shape index (κ2) is 9.10. The number of aromatic hydroxyl groups is 1. The highest BCUT2D eigenvalue weighted by molar-refractivity contribution is 5.79. The Balaban J connectivity index is 1.39. The van der Waals surface area contributed by atoms with Crippen LogP contribution < -0.4 is 0 Å². The Morgan fingerprint density at radius 3 is 2.11 bits per heavy atom. The van der Waals surface area contributed by atoms with Crippen LogP contribution >= 0.6 is 0 Å². The number of hydrogen-bond donors (Lipinski definition) is 1. The molecule has 2 saturated heterocycles. The Morgan fingerprint density at radius 2 is 1.49 bits per heavy atom. The molecule has 1 unspecified atom stereocenters. The van der Waals surface area contributed by atoms with E-state index in [2.05, 4.69) is 19.1 Å². The number of likely N-dealkylation sites (tertiary alicyclic amines) is 1. The molecule has 2 aliphatic heterocycles. The molecule has 0 aliphatic carbocycles. The summed E-state index contributed by atoms with van der Waals surface area (Å²) in [6.45, 7) is 3.60. The molecule has 0 saturated carbocycles. The highest BCUT2D eigenvalue weighted by Crippen LogP contribution is 2.52. The molecule has 5 rings (SSSR count). The number of phenols is 1. The van der Waals surface area contributed by atoms with Crippen LogP contribution in [0.2, 0.25) is 0 Å². The number of ether oxygens (including phenoxy) is 1. The van der Waals surface area contributed by atoms with Crippen molar-refractivity contribution in [3.63, 3.8) is 0 Å². The second-order valence-electron chi connectivity index (χ2n) is 9.60. The first-order chi connectivity index (χ1) is 16.9. The zero-order valence-electron chi connectivity index (χ0n) is 19.9. The highest BCUT2D eigenvalue weighted by Gasteiger charge is 2.63. The molecule has 180 valence electrons. The maximum absolute atomic E-state index is 13.3. The molecular weight excluding hydrogens is 440 g/mol. The zero-order valence-corrected chi connectivity index (χ0v) is 19.9. The smallest absolute Gasteiger partial charge is 0.411 e. The quantitative estimate of drug-likeness (QED) is 0.578. The summed E-state index contributed by atoms with van der Waals surface area (Å²) in [6, 6.07) is 26.8. The van der Waals surface area contributed by atoms with E-state index < -0.39 is 11.1 Å². The molecule has 0 bridgehead atoms. The van der Waals surface area contributed by atoms with Crippen LogP contribution in [-0.2, 0) is 28.0 Å². The van der Waals surface area contributed by atoms with Crippen LogP contribution in [-0.4, -0.2) is 45.6 Å². The van der Waals surface area contributed by atoms with E-state index in [1.807, 2.05) is 58.3 Å². The monoisotopic (exact) mass is 470 g/mol. The molecule has 1 N–H and O–H groups in total. The molecule has 3 aromatic carbocycles. The van der Waals surface area contributed by atoms with Crippen LogP contribution in [0.5, 0.6) is 5.75 Å². The first kappa shape index (κ1) is 23.0. The van der Waals surface area contributed by atoms with Gasteiger partial charge in [0.15, 0.2) is 0 Å². The number of piperidine rings is 1. The Kier molecular flexibility index (Phi) is 5.97. The third kappa shape index (κ3) is 4.14. The number of hydrogen-bond acceptors (Lipinski definition) is 4. The predicted octanol–water partition coefficient (Wildman–Crippen LogP) is 4.86. The van der Waals surface area contributed by atoms with E-state index in [9.17, 15) is 14.7 Å². The van der Waals surface area contributed by atoms with E-state index in [0.29, 0.717) is 32.5 Å². The van der Waals surface area contributed by atoms with Crippen LogP contribution in [0.4, 0.5) is 4.79 Å². The maximum Gasteiger partial charge on any atom is 0.411 e. The number of amides is 2. The summed E-state index contributed by atoms with van der Waals surface area (Å²) < 4.78 is 6.23. The minimum atomic E-state index is -0.727. The van der Waals surface area contributed by atoms with Gasteiger partial charge in [0.25, 0.3) is 0 Å². The van der Waals surface area contributed by atoms with E-state index in [1.54, 1.807) is 24.3 Å². The molecule has 0 radical (unpaired) electrons. The van der Waals surface area contributed by atoms with Gasteiger partial charge >= 0.3 is 6.09 Å². The standard InChI is InChI=1S/C29H30N2O4/c1-28(24-10-6-3-7-11-24)29(35-27(34)31(28)21-23-8-4-2-5-9-23)16-18-30(19-17-29)26(33)20-22-12-14-25(32)15-13-22/h2-15,32H,16-21H2,1H3. The highest BCUT2D eigenvalue weighted by atomic mass is 16.6. The predicted molar refractivity (Wildman–Crippen MR) is 133 cm³/mol. The van der Waals surface area contributed by atoms with Crippen molar-refractivity contribution in [3.05, 3.63) is 102 Å². The normalized spacial score (nSPS) is 21.2. The molecule has 2 amide bonds. The third-order valence-corrected chi connectivity index (χ3v) is 7.67. The van der Waals surface area contributed by atoms with Crippen molar-refractivity contribution in [2.45, 2.75) is 43.9 Å². The lowest BCUT2D eigenvalue weighted by Crippen LogP contribution is -2.58. The minimum Gasteiger partial charge on any atom is -0.508 e. The molecule has 0 aromatic heterocycles. The summed E-state index contributed by atoms with van der Waals surface area (Å²) in [5.74, 6) is 0.224. The van der Waals surface area contributed by atoms with Gasteiger partial charge < -0.3 is 14.7 Å². The van der Waals surface area contributed by atoms with Gasteiger partial charge in [0.05, 0.1) is 13.0 Å². The van der Waals surface area contributed by atoms with Gasteiger partial charge in [0.2, 0.25) is 5.91 Å². The Labute approximate surface area is 205 Å². The molecule has 3 aromatic rings. The molecule has 6 nitrogen and oxygen atoms in total. The lowest BCUT2D eigenvalue weighted by molar-refractivity contribution is -0.136. The second-order valence-corrected chi connectivity index (χ2v) is 9.60. The fraction of sp³-hybridized carbons (Fsp3) is 0.310. The lowest BCUT2D eigenvalue weighted by Gasteiger charge is -2.48. The number of phenolic OH excluding ortho intramolecular Hbond substituents is 1. The fourth-order valence-corrected chi connectivity index (χ4v) is 5.53. The number of carbonyl (C=O) groups is 2. The average molecular weight is 471 g/mol. The first-order valence-corrected chi connectivity index (χ1v) is 12.1. The molecule has 2 fully saturated rings. The minimum absolute atomic E-state index is 0.0393. The van der Waals surface area contributed by atoms with Crippen molar-refractivity contribution >= 4 is 12.0 Å². The van der Waals surface area contributed by atoms with Gasteiger partial charge in [-0.3, -0.25) is 9.69 Å². The largest absolute Gasteiger partial charge is 0.508 e. The van der Waals surface area contributed by atoms with E-state index in [0.717, 1.165) is 16.7 Å². The van der Waals surface area contributed by atoms with Crippen molar-refractivity contribution < 1.29 is 19.4 Å². The van der Waals surface area contributed by atoms with Crippen molar-refractivity contribution in [1.82, 2.24) is 9.80 Å². The van der Waals surface area contributed by atoms with Gasteiger partial charge in [-0.05, 0) is 35.7 Å². The number of nitrogens with zero attached hydrogens (tertiary/aromatic N) is 2. The van der Waals surface area contributed by atoms with Crippen LogP contribution in [0.25, 0.3) is 0 Å². The maximum atomic E-state index is 13.3. The van der Waals surface area contributed by atoms with Crippen molar-refractivity contribution in [1.29, 1.82) is 0 Å². The Bertz CT molecular complexity index is 1190. The van der Waals surface area contributed by atoms with E-state index in [4.69, 9.17) is 4.74 Å². The molecular formula is C29H30N2O4. The summed E-state index contributed by atoms with van der Waals surface area (Å²) in [5, 5.41) is 9.50. The van der Waals surface area contributed by atoms with E-state index >= 15 is 0 Å². The average Bonchev–Trinajstić information content (AvgIpc) is 3.08. The van der Waals surface area contributed by atoms with Gasteiger partial charge in [0, 0.05) is 25.9 Å². The van der Waals surface area contributed by atoms with E-state index in [1.165, 1.54) is 0 Å². The lowest BCUT2D eigenvalue weighted by atomic mass is 9.70. The van der Waals surface area contributed by atoms with Crippen molar-refractivity contribution in [2.75, 3.05) is 13.1 Å². The topological polar surface area (TPSA) is 70.1 Å². The van der Waals surface area contributed by atoms with Crippen LogP contribution in [0.15, 0.2) is 84.9 Å². The molecule has 2 aliphatic rings. The third-order valence-electron chi connectivity index (χ3n) is 7.67. The Morgan fingerprint density at radius 1 is 0.886 bits per heavy atom. The molecule has 2 heterocycles. The summed E-state index contributed by atoms with van der Waals surface area (Å²) in [6.07, 6.45) is 1.10. The van der Waals surface area contributed by atoms with Gasteiger partial charge in [-0.2, -0.15) is 0 Å². The van der Waals surface area contributed by atoms with Gasteiger partial charge in [-0.1, -0.05) is 72.8 Å². The first-order valence-electron chi connectivity index (χ1n) is 12.1. The van der Waals surface area contributed by atoms with Crippen LogP contribution in [0.3, 0.4) is 0 Å². The Hall–Kier alpha value is -3.80. The fourth-order valence-electron chi connectivity index (χ4n) is 5.53. The van der Waals surface area contributed by atoms with Gasteiger partial charge in [-0.15, -0.1) is 0 Å². The van der Waals surface area contributed by atoms with Crippen molar-refractivity contribution in [3.8, 4) is 5.75 Å². The molecule has 1 spiro atoms. The molecule has 1 atom stereocenters. The number of benzene rings is 3. The van der Waals surface area contributed by atoms with Crippen molar-refractivity contribution in [2.24, 2.45) is 0 Å². The molecule has 35 heavy (non-hydrogen) atoms. The summed E-state index contributed by atoms with van der Waals surface area (Å²) in [7, 11) is 0. The summed E-state index contributed by atoms with van der Waals surface area (Å²) in [4.78, 5) is 30.0. The van der Waals surface area contributed by atoms with Crippen LogP contribution in [0, 0.1) is 0 Å². The van der Waals surface area contributed by atoms with Crippen LogP contribution in [0.1, 0.15) is 36.5 Å². The molecule has 6 heteroatoms. The SMILES string of the molecule is CC1(c2ccccc2)N(Cc2ccccc2)C(=O)OC12CCN(C(=O)Cc1ccc(O)cc1)CC2. The van der Waals surface area contributed by atoms with Gasteiger partial charge in [0.1, 0.15) is 16.9 Å². The van der Waals surface area contributed by atoms with E-state index in [-0.39, 0.29) is 24.2 Å². The number of carbonyl (C=O) groups excluding carboxylic acids is 2. The number of rotatable bonds is 5. The summed E-state index contributed by atoms with van der Waals surface area (Å²) >= 11 is 0. The summed E-state index contributed by atoms with van der Waals surface area (Å²) in [5.41, 5.74) is 1.54.